The van der Waals surface area contributed by atoms with Gasteiger partial charge in [-0.05, 0) is 92.3 Å². The van der Waals surface area contributed by atoms with E-state index in [0.717, 1.165) is 37.5 Å². The van der Waals surface area contributed by atoms with Crippen LogP contribution in [0.5, 0.6) is 0 Å². The Morgan fingerprint density at radius 2 is 0.923 bits per heavy atom. The summed E-state index contributed by atoms with van der Waals surface area (Å²) in [4.78, 5) is 44.8. The van der Waals surface area contributed by atoms with Crippen molar-refractivity contribution in [1.29, 1.82) is 0 Å². The molecule has 12 atom stereocenters. The molecule has 0 spiro atoms. The smallest absolute Gasteiger partial charge is 0.318 e. The number of cyclic esters (lactones) is 4. The van der Waals surface area contributed by atoms with Gasteiger partial charge in [-0.3, -0.25) is 19.2 Å². The zero-order chi connectivity index (χ0) is 26.4. The van der Waals surface area contributed by atoms with Crippen LogP contribution in [0.3, 0.4) is 0 Å². The van der Waals surface area contributed by atoms with Gasteiger partial charge in [0.1, 0.15) is 0 Å². The van der Waals surface area contributed by atoms with Gasteiger partial charge in [0.2, 0.25) is 0 Å². The number of allylic oxidation sites excluding steroid dienone is 2. The molecule has 8 rings (SSSR count). The quantitative estimate of drug-likeness (QED) is 0.237. The van der Waals surface area contributed by atoms with Crippen molar-refractivity contribution in [2.45, 2.75) is 59.8 Å². The van der Waals surface area contributed by atoms with Gasteiger partial charge in [0, 0.05) is 28.7 Å². The molecule has 0 amide bonds. The summed E-state index contributed by atoms with van der Waals surface area (Å²) < 4.78 is 9.22. The Kier molecular flexibility index (Phi) is 10.3. The second kappa shape index (κ2) is 12.7. The molecule has 4 radical (unpaired) electrons. The Labute approximate surface area is 234 Å². The van der Waals surface area contributed by atoms with Crippen molar-refractivity contribution < 1.29 is 38.9 Å². The molecular weight excluding hydrogens is 498 g/mol. The topological polar surface area (TPSA) is 127 Å². The van der Waals surface area contributed by atoms with Gasteiger partial charge < -0.3 is 19.7 Å². The minimum atomic E-state index is -0.304. The molecule has 2 heterocycles. The molecule has 2 saturated heterocycles. The number of hydrogen-bond donors (Lipinski definition) is 2. The molecular formula is C29H42B2O8. The van der Waals surface area contributed by atoms with Crippen molar-refractivity contribution in [3.05, 3.63) is 12.2 Å². The van der Waals surface area contributed by atoms with Crippen molar-refractivity contribution >= 4 is 39.4 Å². The minimum Gasteiger partial charge on any atom is -0.396 e. The summed E-state index contributed by atoms with van der Waals surface area (Å²) >= 11 is 0. The Bertz CT molecular complexity index is 899. The fourth-order valence-corrected chi connectivity index (χ4v) is 9.00. The average molecular weight is 540 g/mol. The number of carbonyl (C=O) groups is 4. The predicted octanol–water partition coefficient (Wildman–Crippen LogP) is 2.38. The van der Waals surface area contributed by atoms with Crippen molar-refractivity contribution in [2.24, 2.45) is 71.0 Å². The summed E-state index contributed by atoms with van der Waals surface area (Å²) in [6.45, 7) is 0.568. The maximum Gasteiger partial charge on any atom is 0.318 e. The maximum atomic E-state index is 11.2. The highest BCUT2D eigenvalue weighted by Crippen LogP contribution is 2.55. The molecule has 6 aliphatic carbocycles. The van der Waals surface area contributed by atoms with Crippen molar-refractivity contribution in [1.82, 2.24) is 0 Å². The molecule has 39 heavy (non-hydrogen) atoms. The van der Waals surface area contributed by atoms with E-state index in [1.807, 2.05) is 12.2 Å². The first-order valence-electron chi connectivity index (χ1n) is 13.7. The van der Waals surface area contributed by atoms with E-state index in [0.29, 0.717) is 23.7 Å². The Balaban J connectivity index is 0.000000153. The second-order valence-corrected chi connectivity index (χ2v) is 11.9. The third-order valence-electron chi connectivity index (χ3n) is 10.6. The molecule has 2 N–H and O–H groups in total. The van der Waals surface area contributed by atoms with E-state index in [4.69, 9.17) is 10.2 Å². The zero-order valence-corrected chi connectivity index (χ0v) is 20.9. The van der Waals surface area contributed by atoms with Gasteiger partial charge in [0.15, 0.2) is 0 Å². The lowest BCUT2D eigenvalue weighted by Crippen LogP contribution is -2.27. The fourth-order valence-electron chi connectivity index (χ4n) is 9.00. The normalized spacial score (nSPS) is 43.9. The minimum absolute atomic E-state index is 0. The largest absolute Gasteiger partial charge is 0.396 e. The number of aliphatic hydroxyl groups excluding tert-OH is 2. The summed E-state index contributed by atoms with van der Waals surface area (Å²) in [7, 11) is 8.00. The number of hydrogen-bond acceptors (Lipinski definition) is 8. The standard InChI is InChI=1S/C9H10O3.C9H8O3.C9H16O2.2CH4.B2/c2*10-8-6-4-1-2-5(3-4)7(6)9(11)12-8;10-4-8-6-1-2-7(3-6)9(8)5-11;;;1-2/h4-7H,1-3H2;1-2,4-7H,3H2;6-11H,1-5H2;2*1H4;/t2*4-,5+,6-,7+;6-,7+,8-,9+;;;. The van der Waals surface area contributed by atoms with Crippen LogP contribution < -0.4 is 0 Å². The second-order valence-electron chi connectivity index (χ2n) is 11.9. The molecule has 0 aromatic carbocycles. The van der Waals surface area contributed by atoms with Crippen LogP contribution in [0.1, 0.15) is 59.8 Å². The monoisotopic (exact) mass is 540 g/mol. The summed E-state index contributed by atoms with van der Waals surface area (Å²) in [5.41, 5.74) is 0. The molecule has 6 bridgehead atoms. The molecule has 8 nitrogen and oxygen atoms in total. The van der Waals surface area contributed by atoms with E-state index in [1.165, 1.54) is 19.3 Å². The highest BCUT2D eigenvalue weighted by atomic mass is 16.6. The van der Waals surface area contributed by atoms with Gasteiger partial charge in [-0.1, -0.05) is 27.0 Å². The zero-order valence-electron chi connectivity index (χ0n) is 20.9. The number of esters is 4. The van der Waals surface area contributed by atoms with Crippen LogP contribution in [0.25, 0.3) is 0 Å². The van der Waals surface area contributed by atoms with Gasteiger partial charge in [-0.15, -0.1) is 0 Å². The number of aliphatic hydroxyl groups is 2. The Morgan fingerprint density at radius 3 is 1.31 bits per heavy atom. The summed E-state index contributed by atoms with van der Waals surface area (Å²) in [6.07, 6.45) is 12.2. The van der Waals surface area contributed by atoms with E-state index in [1.54, 1.807) is 0 Å². The van der Waals surface area contributed by atoms with Crippen LogP contribution in [-0.2, 0) is 28.7 Å². The highest BCUT2D eigenvalue weighted by molar-refractivity contribution is 6.75. The van der Waals surface area contributed by atoms with Crippen LogP contribution in [0.4, 0.5) is 0 Å². The molecule has 0 unspecified atom stereocenters. The van der Waals surface area contributed by atoms with E-state index < -0.39 is 0 Å². The van der Waals surface area contributed by atoms with E-state index >= 15 is 0 Å². The number of ether oxygens (including phenoxy) is 2. The molecule has 0 aromatic rings. The lowest BCUT2D eigenvalue weighted by Gasteiger charge is -2.27. The van der Waals surface area contributed by atoms with Crippen LogP contribution in [0.15, 0.2) is 12.2 Å². The predicted molar refractivity (Wildman–Crippen MR) is 145 cm³/mol. The lowest BCUT2D eigenvalue weighted by atomic mass is 9.80. The first-order valence-corrected chi connectivity index (χ1v) is 13.7. The van der Waals surface area contributed by atoms with Gasteiger partial charge in [0.25, 0.3) is 0 Å². The lowest BCUT2D eigenvalue weighted by molar-refractivity contribution is -0.156. The van der Waals surface area contributed by atoms with Crippen LogP contribution in [0, 0.1) is 71.0 Å². The van der Waals surface area contributed by atoms with E-state index in [9.17, 15) is 19.2 Å². The van der Waals surface area contributed by atoms with E-state index in [-0.39, 0.29) is 87.5 Å². The molecule has 10 heteroatoms. The van der Waals surface area contributed by atoms with Gasteiger partial charge in [0.05, 0.1) is 23.7 Å². The first kappa shape index (κ1) is 31.6. The number of fused-ring (bicyclic) bond motifs is 12. The Hall–Kier alpha value is -1.93. The molecule has 5 saturated carbocycles. The van der Waals surface area contributed by atoms with Crippen LogP contribution in [-0.4, -0.2) is 62.8 Å². The highest BCUT2D eigenvalue weighted by Gasteiger charge is 2.60. The van der Waals surface area contributed by atoms with Crippen LogP contribution in [0.2, 0.25) is 0 Å². The van der Waals surface area contributed by atoms with Crippen molar-refractivity contribution in [3.63, 3.8) is 0 Å². The third kappa shape index (κ3) is 5.28. The average Bonchev–Trinajstić information content (AvgIpc) is 3.75. The van der Waals surface area contributed by atoms with Crippen molar-refractivity contribution in [3.8, 4) is 0 Å². The molecule has 2 aliphatic heterocycles. The molecule has 7 fully saturated rings. The molecule has 8 aliphatic rings. The fraction of sp³-hybridized carbons (Fsp3) is 0.793. The van der Waals surface area contributed by atoms with Crippen molar-refractivity contribution in [2.75, 3.05) is 13.2 Å². The number of carbonyl (C=O) groups excluding carboxylic acids is 4. The summed E-state index contributed by atoms with van der Waals surface area (Å²) in [5, 5.41) is 18.2. The third-order valence-corrected chi connectivity index (χ3v) is 10.6. The number of rotatable bonds is 2. The maximum absolute atomic E-state index is 11.2. The van der Waals surface area contributed by atoms with Crippen LogP contribution >= 0.6 is 0 Å². The SMILES string of the molecule is C.C.O=C1OC(=O)[C@H]2[C@@H]1[C@H]1C=C[C@@H]2C1.O=C1OC(=O)[C@H]2[C@H]3CC[C@H](C3)[C@@H]12.OC[C@@H]1[C@@H]2CC[C@@H](C2)[C@@H]1CO.[B][B]. The summed E-state index contributed by atoms with van der Waals surface area (Å²) in [5.74, 6) is 2.23. The molecule has 0 aromatic heterocycles. The van der Waals surface area contributed by atoms with Gasteiger partial charge in [-0.2, -0.15) is 0 Å². The van der Waals surface area contributed by atoms with Gasteiger partial charge >= 0.3 is 23.9 Å². The van der Waals surface area contributed by atoms with Gasteiger partial charge in [-0.25, -0.2) is 0 Å². The van der Waals surface area contributed by atoms with E-state index in [2.05, 4.69) is 24.9 Å². The molecule has 212 valence electrons. The first-order chi connectivity index (χ1) is 17.9. The summed E-state index contributed by atoms with van der Waals surface area (Å²) in [6, 6.07) is 0. The Morgan fingerprint density at radius 1 is 0.590 bits per heavy atom.